The zero-order valence-corrected chi connectivity index (χ0v) is 17.4. The van der Waals surface area contributed by atoms with E-state index in [0.29, 0.717) is 0 Å². The fourth-order valence-corrected chi connectivity index (χ4v) is 3.80. The van der Waals surface area contributed by atoms with E-state index >= 15 is 0 Å². The average molecular weight is 457 g/mol. The van der Waals surface area contributed by atoms with Gasteiger partial charge in [-0.3, -0.25) is 25.0 Å². The molecule has 3 aromatic carbocycles. The molecule has 3 aromatic rings. The first-order chi connectivity index (χ1) is 15.1. The lowest BCUT2D eigenvalue weighted by Crippen LogP contribution is -2.25. The molecule has 0 fully saturated rings. The molecule has 0 saturated carbocycles. The van der Waals surface area contributed by atoms with Gasteiger partial charge in [0.2, 0.25) is 0 Å². The van der Waals surface area contributed by atoms with Crippen molar-refractivity contribution in [1.82, 2.24) is 5.09 Å². The maximum atomic E-state index is 13.4. The van der Waals surface area contributed by atoms with Crippen LogP contribution in [0, 0.1) is 27.2 Å². The number of benzene rings is 3. The summed E-state index contributed by atoms with van der Waals surface area (Å²) in [7, 11) is -4.41. The highest BCUT2D eigenvalue weighted by atomic mass is 31.2. The highest BCUT2D eigenvalue weighted by Crippen LogP contribution is 2.45. The molecule has 0 aliphatic carbocycles. The zero-order valence-electron chi connectivity index (χ0n) is 16.5. The molecule has 0 unspecified atom stereocenters. The predicted molar refractivity (Wildman–Crippen MR) is 114 cm³/mol. The van der Waals surface area contributed by atoms with E-state index in [4.69, 9.17) is 9.05 Å². The molecule has 164 valence electrons. The number of aryl methyl sites for hydroxylation is 1. The SMILES string of the molecule is Cc1ccc(C(=O)NP(=O)(Oc2ccc([N+](=O)[O-])cc2)Oc2ccc([N+](=O)[O-])cc2)cc1. The van der Waals surface area contributed by atoms with Crippen molar-refractivity contribution in [2.45, 2.75) is 6.92 Å². The highest BCUT2D eigenvalue weighted by Gasteiger charge is 2.32. The Kier molecular flexibility index (Phi) is 6.50. The van der Waals surface area contributed by atoms with Gasteiger partial charge in [0.25, 0.3) is 17.3 Å². The Morgan fingerprint density at radius 3 is 1.56 bits per heavy atom. The van der Waals surface area contributed by atoms with E-state index in [1.54, 1.807) is 12.1 Å². The van der Waals surface area contributed by atoms with Gasteiger partial charge in [-0.15, -0.1) is 0 Å². The Bertz CT molecular complexity index is 1130. The van der Waals surface area contributed by atoms with Gasteiger partial charge >= 0.3 is 7.75 Å². The number of carbonyl (C=O) groups excluding carboxylic acids is 1. The molecule has 0 spiro atoms. The Morgan fingerprint density at radius 1 is 0.781 bits per heavy atom. The largest absolute Gasteiger partial charge is 0.544 e. The van der Waals surface area contributed by atoms with Gasteiger partial charge in [-0.05, 0) is 43.3 Å². The summed E-state index contributed by atoms with van der Waals surface area (Å²) in [6.45, 7) is 1.84. The van der Waals surface area contributed by atoms with Crippen molar-refractivity contribution in [3.05, 3.63) is 104 Å². The summed E-state index contributed by atoms with van der Waals surface area (Å²) in [6, 6.07) is 15.7. The number of nitro groups is 2. The first-order valence-electron chi connectivity index (χ1n) is 9.03. The average Bonchev–Trinajstić information content (AvgIpc) is 2.74. The number of hydrogen-bond acceptors (Lipinski definition) is 8. The summed E-state index contributed by atoms with van der Waals surface area (Å²) in [5, 5.41) is 23.8. The Hall–Kier alpha value is -4.24. The quantitative estimate of drug-likeness (QED) is 0.288. The van der Waals surface area contributed by atoms with Crippen molar-refractivity contribution >= 4 is 25.0 Å². The van der Waals surface area contributed by atoms with Crippen molar-refractivity contribution in [3.63, 3.8) is 0 Å². The van der Waals surface area contributed by atoms with Crippen LogP contribution in [-0.2, 0) is 4.57 Å². The second-order valence-electron chi connectivity index (χ2n) is 6.49. The van der Waals surface area contributed by atoms with Gasteiger partial charge in [-0.25, -0.2) is 9.65 Å². The fraction of sp³-hybridized carbons (Fsp3) is 0.0500. The normalized spacial score (nSPS) is 10.8. The van der Waals surface area contributed by atoms with E-state index < -0.39 is 23.5 Å². The van der Waals surface area contributed by atoms with Gasteiger partial charge in [0.1, 0.15) is 11.5 Å². The molecule has 0 heterocycles. The minimum atomic E-state index is -4.41. The minimum absolute atomic E-state index is 0.0648. The number of amides is 1. The van der Waals surface area contributed by atoms with Gasteiger partial charge in [-0.2, -0.15) is 0 Å². The van der Waals surface area contributed by atoms with E-state index in [-0.39, 0.29) is 28.4 Å². The van der Waals surface area contributed by atoms with E-state index in [0.717, 1.165) is 29.8 Å². The summed E-state index contributed by atoms with van der Waals surface area (Å²) in [6.07, 6.45) is 0. The molecule has 0 aliphatic rings. The van der Waals surface area contributed by atoms with Crippen LogP contribution in [0.25, 0.3) is 0 Å². The monoisotopic (exact) mass is 457 g/mol. The molecule has 0 aromatic heterocycles. The second-order valence-corrected chi connectivity index (χ2v) is 8.07. The first-order valence-corrected chi connectivity index (χ1v) is 10.6. The highest BCUT2D eigenvalue weighted by molar-refractivity contribution is 7.53. The molecule has 1 amide bonds. The maximum absolute atomic E-state index is 13.4. The molecular weight excluding hydrogens is 441 g/mol. The molecule has 11 nitrogen and oxygen atoms in total. The number of non-ortho nitro benzene ring substituents is 2. The molecule has 0 radical (unpaired) electrons. The number of nitro benzene ring substituents is 2. The summed E-state index contributed by atoms with van der Waals surface area (Å²) in [5.74, 6) is -0.882. The molecule has 0 saturated heterocycles. The lowest BCUT2D eigenvalue weighted by Gasteiger charge is -2.20. The Morgan fingerprint density at radius 2 is 1.19 bits per heavy atom. The number of hydrogen-bond donors (Lipinski definition) is 1. The number of nitrogens with one attached hydrogen (secondary N) is 1. The van der Waals surface area contributed by atoms with Crippen LogP contribution in [0.3, 0.4) is 0 Å². The predicted octanol–water partition coefficient (Wildman–Crippen LogP) is 4.81. The summed E-state index contributed by atoms with van der Waals surface area (Å²) >= 11 is 0. The third-order valence-corrected chi connectivity index (χ3v) is 5.48. The maximum Gasteiger partial charge on any atom is 0.544 e. The van der Waals surface area contributed by atoms with Crippen molar-refractivity contribution < 1.29 is 28.3 Å². The van der Waals surface area contributed by atoms with Crippen molar-refractivity contribution in [2.24, 2.45) is 0 Å². The lowest BCUT2D eigenvalue weighted by atomic mass is 10.1. The van der Waals surface area contributed by atoms with E-state index in [2.05, 4.69) is 5.09 Å². The molecule has 12 heteroatoms. The first kappa shape index (κ1) is 22.4. The standard InChI is InChI=1S/C20H16N3O8P/c1-14-2-4-15(5-3-14)20(24)21-32(29,30-18-10-6-16(7-11-18)22(25)26)31-19-12-8-17(9-13-19)23(27)28/h2-13H,1H3,(H,21,24,29). The zero-order chi connectivity index (χ0) is 23.3. The number of rotatable bonds is 8. The van der Waals surface area contributed by atoms with Crippen LogP contribution in [0.1, 0.15) is 15.9 Å². The summed E-state index contributed by atoms with van der Waals surface area (Å²) in [5.41, 5.74) is 0.670. The van der Waals surface area contributed by atoms with Gasteiger partial charge in [0.05, 0.1) is 9.85 Å². The smallest absolute Gasteiger partial charge is 0.400 e. The minimum Gasteiger partial charge on any atom is -0.400 e. The van der Waals surface area contributed by atoms with Crippen LogP contribution in [0.4, 0.5) is 11.4 Å². The third-order valence-electron chi connectivity index (χ3n) is 4.10. The number of nitrogens with zero attached hydrogens (tertiary/aromatic N) is 2. The Labute approximate surface area is 181 Å². The van der Waals surface area contributed by atoms with Crippen molar-refractivity contribution in [3.8, 4) is 11.5 Å². The summed E-state index contributed by atoms with van der Waals surface area (Å²) in [4.78, 5) is 33.0. The van der Waals surface area contributed by atoms with Crippen LogP contribution in [-0.4, -0.2) is 15.8 Å². The van der Waals surface area contributed by atoms with Crippen LogP contribution in [0.2, 0.25) is 0 Å². The van der Waals surface area contributed by atoms with E-state index in [1.165, 1.54) is 36.4 Å². The van der Waals surface area contributed by atoms with Crippen LogP contribution < -0.4 is 14.1 Å². The van der Waals surface area contributed by atoms with Gasteiger partial charge in [0, 0.05) is 29.8 Å². The van der Waals surface area contributed by atoms with Gasteiger partial charge in [0.15, 0.2) is 0 Å². The molecular formula is C20H16N3O8P. The Balaban J connectivity index is 1.88. The molecule has 0 atom stereocenters. The molecule has 0 bridgehead atoms. The van der Waals surface area contributed by atoms with Crippen LogP contribution in [0.15, 0.2) is 72.8 Å². The van der Waals surface area contributed by atoms with Gasteiger partial charge < -0.3 is 9.05 Å². The topological polar surface area (TPSA) is 151 Å². The third kappa shape index (κ3) is 5.67. The molecule has 0 aliphatic heterocycles. The lowest BCUT2D eigenvalue weighted by molar-refractivity contribution is -0.385. The molecule has 3 rings (SSSR count). The fourth-order valence-electron chi connectivity index (χ4n) is 2.49. The number of carbonyl (C=O) groups is 1. The van der Waals surface area contributed by atoms with Crippen LogP contribution >= 0.6 is 7.75 Å². The molecule has 32 heavy (non-hydrogen) atoms. The van der Waals surface area contributed by atoms with E-state index in [9.17, 15) is 29.6 Å². The molecule has 1 N–H and O–H groups in total. The van der Waals surface area contributed by atoms with Gasteiger partial charge in [-0.1, -0.05) is 17.7 Å². The van der Waals surface area contributed by atoms with Crippen molar-refractivity contribution in [2.75, 3.05) is 0 Å². The van der Waals surface area contributed by atoms with Crippen molar-refractivity contribution in [1.29, 1.82) is 0 Å². The van der Waals surface area contributed by atoms with E-state index in [1.807, 2.05) is 6.92 Å². The van der Waals surface area contributed by atoms with Crippen LogP contribution in [0.5, 0.6) is 11.5 Å². The summed E-state index contributed by atoms with van der Waals surface area (Å²) < 4.78 is 24.2. The second kappa shape index (κ2) is 9.27.